The number of nitrogens with two attached hydrogens (primary N) is 1. The maximum absolute atomic E-state index is 13.5. The van der Waals surface area contributed by atoms with Crippen LogP contribution >= 0.6 is 0 Å². The fourth-order valence-corrected chi connectivity index (χ4v) is 1.72. The molecule has 2 rings (SSSR count). The predicted molar refractivity (Wildman–Crippen MR) is 72.4 cm³/mol. The van der Waals surface area contributed by atoms with Crippen LogP contribution in [0.2, 0.25) is 0 Å². The van der Waals surface area contributed by atoms with Crippen molar-refractivity contribution < 1.29 is 14.2 Å². The Bertz CT molecular complexity index is 540. The minimum absolute atomic E-state index is 0.122. The van der Waals surface area contributed by atoms with E-state index in [1.807, 2.05) is 12.1 Å². The zero-order valence-electron chi connectivity index (χ0n) is 10.5. The highest BCUT2D eigenvalue weighted by Crippen LogP contribution is 2.17. The van der Waals surface area contributed by atoms with Gasteiger partial charge in [-0.2, -0.15) is 0 Å². The second kappa shape index (κ2) is 6.20. The number of rotatable bonds is 5. The van der Waals surface area contributed by atoms with E-state index in [-0.39, 0.29) is 19.0 Å². The minimum Gasteiger partial charge on any atom is -0.489 e. The van der Waals surface area contributed by atoms with E-state index in [1.54, 1.807) is 24.3 Å². The highest BCUT2D eigenvalue weighted by Gasteiger charge is 2.03. The summed E-state index contributed by atoms with van der Waals surface area (Å²) < 4.78 is 19.0. The van der Waals surface area contributed by atoms with Gasteiger partial charge in [0.05, 0.1) is 0 Å². The average molecular weight is 261 g/mol. The number of halogens is 1. The standard InChI is InChI=1S/C15H16FNO2/c16-15-9-13(17)4-3-12(15)10-19-14-5-1-11(2-6-14)7-8-18/h1-6,9,18H,7-8,10,17H2. The number of aliphatic hydroxyl groups excluding tert-OH is 1. The van der Waals surface area contributed by atoms with Gasteiger partial charge >= 0.3 is 0 Å². The van der Waals surface area contributed by atoms with Crippen molar-refractivity contribution in [3.05, 3.63) is 59.4 Å². The summed E-state index contributed by atoms with van der Waals surface area (Å²) >= 11 is 0. The molecule has 0 aromatic heterocycles. The molecule has 0 aliphatic carbocycles. The van der Waals surface area contributed by atoms with Gasteiger partial charge in [0, 0.05) is 17.9 Å². The van der Waals surface area contributed by atoms with Crippen LogP contribution in [0.3, 0.4) is 0 Å². The first-order chi connectivity index (χ1) is 9.19. The van der Waals surface area contributed by atoms with Crippen LogP contribution in [0.4, 0.5) is 10.1 Å². The van der Waals surface area contributed by atoms with E-state index in [9.17, 15) is 4.39 Å². The fraction of sp³-hybridized carbons (Fsp3) is 0.200. The Kier molecular flexibility index (Phi) is 4.36. The SMILES string of the molecule is Nc1ccc(COc2ccc(CCO)cc2)c(F)c1. The fourth-order valence-electron chi connectivity index (χ4n) is 1.72. The van der Waals surface area contributed by atoms with Gasteiger partial charge in [-0.25, -0.2) is 4.39 Å². The molecule has 0 radical (unpaired) electrons. The van der Waals surface area contributed by atoms with Crippen molar-refractivity contribution in [1.29, 1.82) is 0 Å². The lowest BCUT2D eigenvalue weighted by Crippen LogP contribution is -2.00. The third-order valence-electron chi connectivity index (χ3n) is 2.80. The van der Waals surface area contributed by atoms with E-state index in [2.05, 4.69) is 0 Å². The van der Waals surface area contributed by atoms with E-state index >= 15 is 0 Å². The summed E-state index contributed by atoms with van der Waals surface area (Å²) in [6.45, 7) is 0.280. The first-order valence-electron chi connectivity index (χ1n) is 6.05. The first kappa shape index (κ1) is 13.4. The monoisotopic (exact) mass is 261 g/mol. The van der Waals surface area contributed by atoms with Crippen molar-refractivity contribution >= 4 is 5.69 Å². The Hall–Kier alpha value is -2.07. The molecule has 0 bridgehead atoms. The van der Waals surface area contributed by atoms with Crippen LogP contribution in [0.25, 0.3) is 0 Å². The Morgan fingerprint density at radius 3 is 2.47 bits per heavy atom. The van der Waals surface area contributed by atoms with E-state index in [1.165, 1.54) is 6.07 Å². The molecule has 2 aromatic carbocycles. The van der Waals surface area contributed by atoms with Gasteiger partial charge in [-0.05, 0) is 36.2 Å². The lowest BCUT2D eigenvalue weighted by atomic mass is 10.1. The summed E-state index contributed by atoms with van der Waals surface area (Å²) in [7, 11) is 0. The average Bonchev–Trinajstić information content (AvgIpc) is 2.40. The van der Waals surface area contributed by atoms with Crippen molar-refractivity contribution in [3.8, 4) is 5.75 Å². The van der Waals surface area contributed by atoms with Gasteiger partial charge in [0.1, 0.15) is 18.2 Å². The van der Waals surface area contributed by atoms with Gasteiger partial charge in [-0.1, -0.05) is 18.2 Å². The first-order valence-corrected chi connectivity index (χ1v) is 6.05. The Balaban J connectivity index is 1.98. The summed E-state index contributed by atoms with van der Waals surface area (Å²) in [6, 6.07) is 11.9. The number of benzene rings is 2. The number of anilines is 1. The molecule has 4 heteroatoms. The molecule has 0 heterocycles. The normalized spacial score (nSPS) is 10.4. The lowest BCUT2D eigenvalue weighted by molar-refractivity contribution is 0.296. The van der Waals surface area contributed by atoms with Gasteiger partial charge in [-0.15, -0.1) is 0 Å². The number of aliphatic hydroxyl groups is 1. The third kappa shape index (κ3) is 3.69. The molecule has 0 saturated heterocycles. The molecule has 3 nitrogen and oxygen atoms in total. The van der Waals surface area contributed by atoms with Crippen molar-refractivity contribution in [1.82, 2.24) is 0 Å². The van der Waals surface area contributed by atoms with Crippen molar-refractivity contribution in [2.24, 2.45) is 0 Å². The van der Waals surface area contributed by atoms with Gasteiger partial charge in [0.2, 0.25) is 0 Å². The second-order valence-corrected chi connectivity index (χ2v) is 4.26. The molecule has 0 aliphatic rings. The van der Waals surface area contributed by atoms with Crippen LogP contribution in [0.15, 0.2) is 42.5 Å². The summed E-state index contributed by atoms with van der Waals surface area (Å²) in [5.41, 5.74) is 7.38. The number of nitrogen functional groups attached to an aromatic ring is 1. The number of hydrogen-bond donors (Lipinski definition) is 2. The van der Waals surface area contributed by atoms with Crippen molar-refractivity contribution in [3.63, 3.8) is 0 Å². The molecule has 0 unspecified atom stereocenters. The van der Waals surface area contributed by atoms with E-state index in [0.29, 0.717) is 23.4 Å². The van der Waals surface area contributed by atoms with Crippen LogP contribution in [0.5, 0.6) is 5.75 Å². The van der Waals surface area contributed by atoms with E-state index < -0.39 is 0 Å². The number of ether oxygens (including phenoxy) is 1. The van der Waals surface area contributed by atoms with Crippen LogP contribution in [0.1, 0.15) is 11.1 Å². The van der Waals surface area contributed by atoms with Crippen molar-refractivity contribution in [2.75, 3.05) is 12.3 Å². The molecule has 0 amide bonds. The molecule has 0 atom stereocenters. The van der Waals surface area contributed by atoms with Crippen LogP contribution in [-0.2, 0) is 13.0 Å². The second-order valence-electron chi connectivity index (χ2n) is 4.26. The molecule has 0 saturated carbocycles. The largest absolute Gasteiger partial charge is 0.489 e. The van der Waals surface area contributed by atoms with Crippen LogP contribution in [0, 0.1) is 5.82 Å². The van der Waals surface area contributed by atoms with Gasteiger partial charge in [0.15, 0.2) is 0 Å². The maximum atomic E-state index is 13.5. The summed E-state index contributed by atoms with van der Waals surface area (Å²) in [5.74, 6) is 0.301. The zero-order valence-corrected chi connectivity index (χ0v) is 10.5. The highest BCUT2D eigenvalue weighted by molar-refractivity contribution is 5.40. The molecular weight excluding hydrogens is 245 g/mol. The van der Waals surface area contributed by atoms with Crippen LogP contribution < -0.4 is 10.5 Å². The Labute approximate surface area is 111 Å². The molecule has 2 aromatic rings. The van der Waals surface area contributed by atoms with Gasteiger partial charge in [-0.3, -0.25) is 0 Å². The predicted octanol–water partition coefficient (Wildman–Crippen LogP) is 2.52. The molecule has 0 aliphatic heterocycles. The van der Waals surface area contributed by atoms with Gasteiger partial charge < -0.3 is 15.6 Å². The third-order valence-corrected chi connectivity index (χ3v) is 2.80. The van der Waals surface area contributed by atoms with Crippen LogP contribution in [-0.4, -0.2) is 11.7 Å². The highest BCUT2D eigenvalue weighted by atomic mass is 19.1. The zero-order chi connectivity index (χ0) is 13.7. The Morgan fingerprint density at radius 1 is 1.11 bits per heavy atom. The molecule has 100 valence electrons. The topological polar surface area (TPSA) is 55.5 Å². The molecule has 0 spiro atoms. The lowest BCUT2D eigenvalue weighted by Gasteiger charge is -2.08. The number of hydrogen-bond acceptors (Lipinski definition) is 3. The summed E-state index contributed by atoms with van der Waals surface area (Å²) in [5, 5.41) is 8.81. The van der Waals surface area contributed by atoms with Crippen molar-refractivity contribution in [2.45, 2.75) is 13.0 Å². The molecule has 0 fully saturated rings. The smallest absolute Gasteiger partial charge is 0.131 e. The molecule has 3 N–H and O–H groups in total. The quantitative estimate of drug-likeness (QED) is 0.813. The minimum atomic E-state index is -0.364. The van der Waals surface area contributed by atoms with E-state index in [0.717, 1.165) is 5.56 Å². The molecular formula is C15H16FNO2. The Morgan fingerprint density at radius 2 is 1.84 bits per heavy atom. The van der Waals surface area contributed by atoms with E-state index in [4.69, 9.17) is 15.6 Å². The molecule has 19 heavy (non-hydrogen) atoms. The summed E-state index contributed by atoms with van der Waals surface area (Å²) in [6.07, 6.45) is 0.618. The maximum Gasteiger partial charge on any atom is 0.131 e. The summed E-state index contributed by atoms with van der Waals surface area (Å²) in [4.78, 5) is 0. The van der Waals surface area contributed by atoms with Gasteiger partial charge in [0.25, 0.3) is 0 Å².